The molecule has 0 spiro atoms. The van der Waals surface area contributed by atoms with Crippen LogP contribution in [0.3, 0.4) is 0 Å². The summed E-state index contributed by atoms with van der Waals surface area (Å²) in [6.45, 7) is 3.83. The lowest BCUT2D eigenvalue weighted by molar-refractivity contribution is 0.514. The topological polar surface area (TPSA) is 0 Å². The first-order chi connectivity index (χ1) is 16.0. The molecule has 0 radical (unpaired) electrons. The Morgan fingerprint density at radius 3 is 1.70 bits per heavy atom. The fraction of sp³-hybridized carbons (Fsp3) is 0.133. The molecule has 3 heteroatoms. The summed E-state index contributed by atoms with van der Waals surface area (Å²) < 4.78 is 43.6. The van der Waals surface area contributed by atoms with Crippen molar-refractivity contribution in [2.45, 2.75) is 26.7 Å². The van der Waals surface area contributed by atoms with E-state index in [2.05, 4.69) is 6.92 Å². The van der Waals surface area contributed by atoms with Gasteiger partial charge in [0.05, 0.1) is 0 Å². The lowest BCUT2D eigenvalue weighted by Crippen LogP contribution is -1.94. The first kappa shape index (κ1) is 22.6. The van der Waals surface area contributed by atoms with E-state index < -0.39 is 11.6 Å². The maximum atomic E-state index is 14.9. The van der Waals surface area contributed by atoms with Gasteiger partial charge in [-0.25, -0.2) is 13.2 Å². The first-order valence-electron chi connectivity index (χ1n) is 11.1. The van der Waals surface area contributed by atoms with E-state index in [1.54, 1.807) is 37.3 Å². The highest BCUT2D eigenvalue weighted by molar-refractivity contribution is 5.74. The van der Waals surface area contributed by atoms with Gasteiger partial charge in [0.15, 0.2) is 11.6 Å². The zero-order chi connectivity index (χ0) is 23.4. The number of benzene rings is 4. The van der Waals surface area contributed by atoms with Gasteiger partial charge in [0.25, 0.3) is 0 Å². The molecule has 0 heterocycles. The SMILES string of the molecule is CCCc1ccc(-c2ccc(-c3ccc(C=Cc4ccc(C)c(F)c4)cc3)c(F)c2F)cc1. The standard InChI is InChI=1S/C30H25F3/c1-3-4-21-9-13-24(14-10-21)26-17-18-27(30(33)29(26)32)25-15-11-22(12-16-25)7-8-23-6-5-20(2)28(31)19-23/h5-19H,3-4H2,1-2H3. The monoisotopic (exact) mass is 442 g/mol. The van der Waals surface area contributed by atoms with E-state index in [1.807, 2.05) is 54.6 Å². The minimum absolute atomic E-state index is 0.218. The summed E-state index contributed by atoms with van der Waals surface area (Å²) in [5.41, 5.74) is 5.14. The van der Waals surface area contributed by atoms with Crippen molar-refractivity contribution in [3.05, 3.63) is 119 Å². The zero-order valence-electron chi connectivity index (χ0n) is 18.7. The third-order valence-electron chi connectivity index (χ3n) is 5.77. The molecule has 4 rings (SSSR count). The van der Waals surface area contributed by atoms with Gasteiger partial charge < -0.3 is 0 Å². The van der Waals surface area contributed by atoms with E-state index in [9.17, 15) is 13.2 Å². The normalized spacial score (nSPS) is 11.3. The molecule has 4 aromatic carbocycles. The number of hydrogen-bond donors (Lipinski definition) is 0. The van der Waals surface area contributed by atoms with Crippen LogP contribution in [0.4, 0.5) is 13.2 Å². The van der Waals surface area contributed by atoms with Gasteiger partial charge >= 0.3 is 0 Å². The van der Waals surface area contributed by atoms with Crippen molar-refractivity contribution in [1.82, 2.24) is 0 Å². The van der Waals surface area contributed by atoms with Crippen LogP contribution in [0.25, 0.3) is 34.4 Å². The van der Waals surface area contributed by atoms with Gasteiger partial charge in [-0.3, -0.25) is 0 Å². The maximum absolute atomic E-state index is 14.9. The second-order valence-electron chi connectivity index (χ2n) is 8.20. The highest BCUT2D eigenvalue weighted by Crippen LogP contribution is 2.32. The molecular weight excluding hydrogens is 417 g/mol. The van der Waals surface area contributed by atoms with Crippen molar-refractivity contribution in [2.75, 3.05) is 0 Å². The molecule has 0 amide bonds. The van der Waals surface area contributed by atoms with Crippen LogP contribution in [0.1, 0.15) is 35.6 Å². The molecule has 0 saturated heterocycles. The summed E-state index contributed by atoms with van der Waals surface area (Å²) in [6, 6.07) is 23.1. The van der Waals surface area contributed by atoms with Gasteiger partial charge in [-0.2, -0.15) is 0 Å². The first-order valence-corrected chi connectivity index (χ1v) is 11.1. The molecule has 0 aliphatic carbocycles. The smallest absolute Gasteiger partial charge is 0.167 e. The molecule has 0 bridgehead atoms. The van der Waals surface area contributed by atoms with Crippen LogP contribution >= 0.6 is 0 Å². The van der Waals surface area contributed by atoms with E-state index >= 15 is 0 Å². The van der Waals surface area contributed by atoms with Crippen LogP contribution in [-0.2, 0) is 6.42 Å². The molecule has 0 N–H and O–H groups in total. The summed E-state index contributed by atoms with van der Waals surface area (Å²) in [7, 11) is 0. The molecular formula is C30H25F3. The Kier molecular flexibility index (Phi) is 6.79. The van der Waals surface area contributed by atoms with Crippen LogP contribution in [0.5, 0.6) is 0 Å². The Bertz CT molecular complexity index is 1280. The molecule has 0 aliphatic heterocycles. The van der Waals surface area contributed by atoms with Crippen LogP contribution in [-0.4, -0.2) is 0 Å². The van der Waals surface area contributed by atoms with Gasteiger partial charge in [-0.15, -0.1) is 0 Å². The van der Waals surface area contributed by atoms with Crippen molar-refractivity contribution in [3.8, 4) is 22.3 Å². The van der Waals surface area contributed by atoms with Crippen molar-refractivity contribution in [1.29, 1.82) is 0 Å². The molecule has 0 aromatic heterocycles. The third kappa shape index (κ3) is 5.09. The predicted molar refractivity (Wildman–Crippen MR) is 131 cm³/mol. The number of hydrogen-bond acceptors (Lipinski definition) is 0. The minimum atomic E-state index is -0.858. The lowest BCUT2D eigenvalue weighted by atomic mass is 9.97. The van der Waals surface area contributed by atoms with Gasteiger partial charge in [0, 0.05) is 11.1 Å². The van der Waals surface area contributed by atoms with E-state index in [1.165, 1.54) is 11.6 Å². The van der Waals surface area contributed by atoms with E-state index in [0.29, 0.717) is 16.7 Å². The molecule has 0 atom stereocenters. The van der Waals surface area contributed by atoms with Crippen LogP contribution in [0.2, 0.25) is 0 Å². The van der Waals surface area contributed by atoms with Gasteiger partial charge in [-0.05, 0) is 52.8 Å². The number of halogens is 3. The average molecular weight is 443 g/mol. The summed E-state index contributed by atoms with van der Waals surface area (Å²) in [6.07, 6.45) is 5.67. The Balaban J connectivity index is 1.56. The Morgan fingerprint density at radius 2 is 1.15 bits per heavy atom. The molecule has 0 aliphatic rings. The van der Waals surface area contributed by atoms with Crippen molar-refractivity contribution in [2.24, 2.45) is 0 Å². The molecule has 0 unspecified atom stereocenters. The Morgan fingerprint density at radius 1 is 0.636 bits per heavy atom. The number of rotatable bonds is 6. The van der Waals surface area contributed by atoms with Crippen LogP contribution in [0.15, 0.2) is 78.9 Å². The van der Waals surface area contributed by atoms with E-state index in [4.69, 9.17) is 0 Å². The fourth-order valence-corrected chi connectivity index (χ4v) is 3.81. The largest absolute Gasteiger partial charge is 0.207 e. The van der Waals surface area contributed by atoms with Crippen molar-refractivity contribution < 1.29 is 13.2 Å². The Hall–Kier alpha value is -3.59. The van der Waals surface area contributed by atoms with Crippen LogP contribution in [0, 0.1) is 24.4 Å². The van der Waals surface area contributed by atoms with Gasteiger partial charge in [0.2, 0.25) is 0 Å². The summed E-state index contributed by atoms with van der Waals surface area (Å²) in [5, 5.41) is 0. The highest BCUT2D eigenvalue weighted by atomic mass is 19.2. The van der Waals surface area contributed by atoms with Gasteiger partial charge in [-0.1, -0.05) is 98.3 Å². The fourth-order valence-electron chi connectivity index (χ4n) is 3.81. The highest BCUT2D eigenvalue weighted by Gasteiger charge is 2.16. The minimum Gasteiger partial charge on any atom is -0.207 e. The van der Waals surface area contributed by atoms with Crippen LogP contribution < -0.4 is 0 Å². The summed E-state index contributed by atoms with van der Waals surface area (Å²) in [5.74, 6) is -1.95. The summed E-state index contributed by atoms with van der Waals surface area (Å²) in [4.78, 5) is 0. The van der Waals surface area contributed by atoms with Gasteiger partial charge in [0.1, 0.15) is 5.82 Å². The van der Waals surface area contributed by atoms with E-state index in [-0.39, 0.29) is 16.9 Å². The second kappa shape index (κ2) is 9.91. The lowest BCUT2D eigenvalue weighted by Gasteiger charge is -2.10. The zero-order valence-corrected chi connectivity index (χ0v) is 18.7. The molecule has 33 heavy (non-hydrogen) atoms. The third-order valence-corrected chi connectivity index (χ3v) is 5.77. The number of aryl methyl sites for hydroxylation is 2. The maximum Gasteiger partial charge on any atom is 0.167 e. The molecule has 0 fully saturated rings. The average Bonchev–Trinajstić information content (AvgIpc) is 2.83. The van der Waals surface area contributed by atoms with Crippen molar-refractivity contribution >= 4 is 12.2 Å². The summed E-state index contributed by atoms with van der Waals surface area (Å²) >= 11 is 0. The molecule has 0 nitrogen and oxygen atoms in total. The molecule has 0 saturated carbocycles. The Labute approximate surface area is 193 Å². The predicted octanol–water partition coefficient (Wildman–Crippen LogP) is 8.87. The molecule has 166 valence electrons. The molecule has 4 aromatic rings. The quantitative estimate of drug-likeness (QED) is 0.262. The van der Waals surface area contributed by atoms with E-state index in [0.717, 1.165) is 24.0 Å². The second-order valence-corrected chi connectivity index (χ2v) is 8.20. The van der Waals surface area contributed by atoms with Crippen molar-refractivity contribution in [3.63, 3.8) is 0 Å².